The van der Waals surface area contributed by atoms with Gasteiger partial charge in [0.2, 0.25) is 0 Å². The minimum Gasteiger partial charge on any atom is -0.464 e. The Morgan fingerprint density at radius 2 is 1.73 bits per heavy atom. The zero-order valence-electron chi connectivity index (χ0n) is 14.7. The monoisotopic (exact) mass is 350 g/mol. The second kappa shape index (κ2) is 7.65. The summed E-state index contributed by atoms with van der Waals surface area (Å²) in [6, 6.07) is 17.0. The van der Waals surface area contributed by atoms with E-state index >= 15 is 0 Å². The van der Waals surface area contributed by atoms with Crippen LogP contribution < -0.4 is 0 Å². The number of hydrogen-bond donors (Lipinski definition) is 0. The molecular formula is C20H18N2O4. The molecule has 1 heterocycles. The van der Waals surface area contributed by atoms with Crippen LogP contribution in [0.3, 0.4) is 0 Å². The van der Waals surface area contributed by atoms with Crippen LogP contribution in [0.2, 0.25) is 0 Å². The first-order valence-corrected chi connectivity index (χ1v) is 7.97. The van der Waals surface area contributed by atoms with Crippen molar-refractivity contribution < 1.29 is 18.9 Å². The van der Waals surface area contributed by atoms with Crippen molar-refractivity contribution in [1.82, 2.24) is 5.16 Å². The number of hydrogen-bond acceptors (Lipinski definition) is 6. The Morgan fingerprint density at radius 1 is 1.04 bits per heavy atom. The number of oxime groups is 1. The molecule has 0 unspecified atom stereocenters. The van der Waals surface area contributed by atoms with Gasteiger partial charge in [0, 0.05) is 22.8 Å². The molecule has 0 bridgehead atoms. The first-order chi connectivity index (χ1) is 12.7. The number of carbonyl (C=O) groups excluding carboxylic acids is 1. The number of aromatic nitrogens is 1. The number of ether oxygens (including phenoxy) is 1. The van der Waals surface area contributed by atoms with E-state index in [9.17, 15) is 4.79 Å². The summed E-state index contributed by atoms with van der Waals surface area (Å²) in [5.74, 6) is -0.0792. The summed E-state index contributed by atoms with van der Waals surface area (Å²) in [6.45, 7) is 2.01. The van der Waals surface area contributed by atoms with E-state index in [0.717, 1.165) is 16.8 Å². The lowest BCUT2D eigenvalue weighted by atomic mass is 9.99. The van der Waals surface area contributed by atoms with Crippen LogP contribution in [0.1, 0.15) is 11.1 Å². The number of esters is 1. The number of rotatable bonds is 5. The lowest BCUT2D eigenvalue weighted by Crippen LogP contribution is -2.18. The highest BCUT2D eigenvalue weighted by molar-refractivity contribution is 6.44. The van der Waals surface area contributed by atoms with Crippen molar-refractivity contribution in [3.63, 3.8) is 0 Å². The average molecular weight is 350 g/mol. The predicted octanol–water partition coefficient (Wildman–Crippen LogP) is 3.84. The lowest BCUT2D eigenvalue weighted by molar-refractivity contribution is -0.132. The summed E-state index contributed by atoms with van der Waals surface area (Å²) < 4.78 is 10.3. The number of aryl methyl sites for hydroxylation is 1. The van der Waals surface area contributed by atoms with Gasteiger partial charge in [-0.25, -0.2) is 4.79 Å². The first-order valence-electron chi connectivity index (χ1n) is 7.97. The summed E-state index contributed by atoms with van der Waals surface area (Å²) in [5.41, 5.74) is 4.06. The van der Waals surface area contributed by atoms with Crippen molar-refractivity contribution in [3.8, 4) is 22.6 Å². The van der Waals surface area contributed by atoms with Gasteiger partial charge in [0.15, 0.2) is 11.5 Å². The predicted molar refractivity (Wildman–Crippen MR) is 97.7 cm³/mol. The van der Waals surface area contributed by atoms with E-state index in [1.807, 2.05) is 49.4 Å². The molecule has 0 atom stereocenters. The van der Waals surface area contributed by atoms with Crippen LogP contribution in [0.25, 0.3) is 22.6 Å². The third kappa shape index (κ3) is 3.35. The van der Waals surface area contributed by atoms with E-state index in [4.69, 9.17) is 14.1 Å². The molecule has 3 rings (SSSR count). The molecule has 6 heteroatoms. The van der Waals surface area contributed by atoms with Crippen molar-refractivity contribution in [2.45, 2.75) is 6.92 Å². The molecule has 0 fully saturated rings. The normalized spacial score (nSPS) is 11.3. The quantitative estimate of drug-likeness (QED) is 0.397. The SMILES string of the molecule is CON=C(C(=O)OC)c1ccccc1-c1cc(-c2ccccc2C)no1. The summed E-state index contributed by atoms with van der Waals surface area (Å²) in [4.78, 5) is 16.9. The first kappa shape index (κ1) is 17.4. The largest absolute Gasteiger partial charge is 0.464 e. The molecule has 26 heavy (non-hydrogen) atoms. The van der Waals surface area contributed by atoms with Gasteiger partial charge in [0.1, 0.15) is 12.8 Å². The van der Waals surface area contributed by atoms with Crippen LogP contribution in [0.4, 0.5) is 0 Å². The number of carbonyl (C=O) groups is 1. The fourth-order valence-electron chi connectivity index (χ4n) is 2.68. The summed E-state index contributed by atoms with van der Waals surface area (Å²) in [6.07, 6.45) is 0. The minimum absolute atomic E-state index is 0.0550. The van der Waals surface area contributed by atoms with Crippen LogP contribution >= 0.6 is 0 Å². The summed E-state index contributed by atoms with van der Waals surface area (Å²) >= 11 is 0. The van der Waals surface area contributed by atoms with Crippen LogP contribution in [0.15, 0.2) is 64.3 Å². The van der Waals surface area contributed by atoms with Crippen molar-refractivity contribution >= 4 is 11.7 Å². The van der Waals surface area contributed by atoms with E-state index in [1.54, 1.807) is 12.1 Å². The number of benzene rings is 2. The molecule has 0 aliphatic carbocycles. The number of nitrogens with zero attached hydrogens (tertiary/aromatic N) is 2. The van der Waals surface area contributed by atoms with Crippen LogP contribution in [-0.4, -0.2) is 31.1 Å². The molecule has 0 amide bonds. The van der Waals surface area contributed by atoms with Gasteiger partial charge in [-0.1, -0.05) is 58.8 Å². The zero-order chi connectivity index (χ0) is 18.5. The summed E-state index contributed by atoms with van der Waals surface area (Å²) in [7, 11) is 2.66. The van der Waals surface area contributed by atoms with E-state index in [1.165, 1.54) is 14.2 Å². The van der Waals surface area contributed by atoms with Crippen molar-refractivity contribution in [2.24, 2.45) is 5.16 Å². The molecule has 0 saturated heterocycles. The molecule has 0 aliphatic heterocycles. The molecule has 0 saturated carbocycles. The molecule has 0 N–H and O–H groups in total. The summed E-state index contributed by atoms with van der Waals surface area (Å²) in [5, 5.41) is 7.98. The Balaban J connectivity index is 2.08. The maximum atomic E-state index is 12.1. The van der Waals surface area contributed by atoms with Crippen molar-refractivity contribution in [1.29, 1.82) is 0 Å². The fraction of sp³-hybridized carbons (Fsp3) is 0.150. The van der Waals surface area contributed by atoms with Crippen molar-refractivity contribution in [2.75, 3.05) is 14.2 Å². The highest BCUT2D eigenvalue weighted by atomic mass is 16.6. The van der Waals surface area contributed by atoms with E-state index in [2.05, 4.69) is 10.3 Å². The Hall–Kier alpha value is -3.41. The zero-order valence-corrected chi connectivity index (χ0v) is 14.7. The van der Waals surface area contributed by atoms with Gasteiger partial charge in [-0.15, -0.1) is 0 Å². The van der Waals surface area contributed by atoms with Gasteiger partial charge in [-0.3, -0.25) is 0 Å². The molecule has 0 radical (unpaired) electrons. The Labute approximate surface area is 151 Å². The van der Waals surface area contributed by atoms with Gasteiger partial charge in [0.05, 0.1) is 7.11 Å². The van der Waals surface area contributed by atoms with Gasteiger partial charge in [0.25, 0.3) is 0 Å². The molecule has 2 aromatic carbocycles. The highest BCUT2D eigenvalue weighted by Gasteiger charge is 2.22. The Bertz CT molecular complexity index is 960. The van der Waals surface area contributed by atoms with Gasteiger partial charge in [-0.05, 0) is 12.5 Å². The third-order valence-corrected chi connectivity index (χ3v) is 3.94. The standard InChI is InChI=1S/C20H18N2O4/c1-13-8-4-5-9-14(13)17-12-18(26-21-17)15-10-6-7-11-16(15)19(22-25-3)20(23)24-2/h4-12H,1-3H3. The minimum atomic E-state index is -0.599. The van der Waals surface area contributed by atoms with Gasteiger partial charge >= 0.3 is 5.97 Å². The van der Waals surface area contributed by atoms with Crippen LogP contribution in [-0.2, 0) is 14.4 Å². The van der Waals surface area contributed by atoms with Gasteiger partial charge in [-0.2, -0.15) is 0 Å². The van der Waals surface area contributed by atoms with E-state index in [0.29, 0.717) is 16.9 Å². The Kier molecular flexibility index (Phi) is 5.12. The molecule has 0 aliphatic rings. The second-order valence-electron chi connectivity index (χ2n) is 5.55. The number of methoxy groups -OCH3 is 1. The fourth-order valence-corrected chi connectivity index (χ4v) is 2.68. The maximum absolute atomic E-state index is 12.1. The Morgan fingerprint density at radius 3 is 2.42 bits per heavy atom. The van der Waals surface area contributed by atoms with Crippen molar-refractivity contribution in [3.05, 3.63) is 65.7 Å². The lowest BCUT2D eigenvalue weighted by Gasteiger charge is -2.07. The third-order valence-electron chi connectivity index (χ3n) is 3.94. The smallest absolute Gasteiger partial charge is 0.360 e. The highest BCUT2D eigenvalue weighted by Crippen LogP contribution is 2.30. The second-order valence-corrected chi connectivity index (χ2v) is 5.55. The molecule has 0 spiro atoms. The molecule has 3 aromatic rings. The van der Waals surface area contributed by atoms with Crippen LogP contribution in [0.5, 0.6) is 0 Å². The topological polar surface area (TPSA) is 73.9 Å². The maximum Gasteiger partial charge on any atom is 0.360 e. The van der Waals surface area contributed by atoms with Crippen LogP contribution in [0, 0.1) is 6.92 Å². The van der Waals surface area contributed by atoms with E-state index in [-0.39, 0.29) is 5.71 Å². The average Bonchev–Trinajstić information content (AvgIpc) is 3.15. The molecule has 132 valence electrons. The van der Waals surface area contributed by atoms with E-state index < -0.39 is 5.97 Å². The molecular weight excluding hydrogens is 332 g/mol. The molecule has 1 aromatic heterocycles. The molecule has 6 nitrogen and oxygen atoms in total. The van der Waals surface area contributed by atoms with Gasteiger partial charge < -0.3 is 14.1 Å².